The van der Waals surface area contributed by atoms with E-state index in [-0.39, 0.29) is 16.5 Å². The maximum atomic E-state index is 14.9. The molecule has 1 aliphatic rings. The van der Waals surface area contributed by atoms with Crippen molar-refractivity contribution in [2.24, 2.45) is 12.5 Å². The van der Waals surface area contributed by atoms with Gasteiger partial charge in [-0.25, -0.2) is 4.98 Å². The highest BCUT2D eigenvalue weighted by atomic mass is 19.1. The Morgan fingerprint density at radius 1 is 0.816 bits per heavy atom. The molecule has 0 N–H and O–H groups in total. The molecule has 1 aliphatic carbocycles. The van der Waals surface area contributed by atoms with Crippen LogP contribution in [0.4, 0.5) is 17.6 Å². The fourth-order valence-electron chi connectivity index (χ4n) is 5.56. The molecular weight excluding hydrogens is 494 g/mol. The minimum atomic E-state index is -0.946. The summed E-state index contributed by atoms with van der Waals surface area (Å²) in [4.78, 5) is 16.3. The van der Waals surface area contributed by atoms with Crippen LogP contribution in [0.15, 0.2) is 42.5 Å². The molecule has 0 radical (unpaired) electrons. The third-order valence-corrected chi connectivity index (χ3v) is 7.73. The minimum absolute atomic E-state index is 0.0408. The van der Waals surface area contributed by atoms with Crippen LogP contribution >= 0.6 is 0 Å². The predicted molar refractivity (Wildman–Crippen MR) is 136 cm³/mol. The Morgan fingerprint density at radius 3 is 2.03 bits per heavy atom. The molecule has 4 heterocycles. The zero-order valence-electron chi connectivity index (χ0n) is 21.8. The van der Waals surface area contributed by atoms with Crippen LogP contribution in [0.2, 0.25) is 0 Å². The lowest BCUT2D eigenvalue weighted by atomic mass is 9.83. The number of hydrogen-bond acceptors (Lipinski definition) is 4. The van der Waals surface area contributed by atoms with Crippen molar-refractivity contribution in [2.75, 3.05) is 0 Å². The van der Waals surface area contributed by atoms with Gasteiger partial charge in [-0.05, 0) is 74.9 Å². The van der Waals surface area contributed by atoms with Crippen molar-refractivity contribution < 1.29 is 17.6 Å². The summed E-state index contributed by atoms with van der Waals surface area (Å²) in [6, 6.07) is 10.1. The van der Waals surface area contributed by atoms with Crippen LogP contribution in [0.3, 0.4) is 0 Å². The number of pyridine rings is 3. The number of aromatic nitrogens is 5. The third kappa shape index (κ3) is 4.70. The molecule has 1 fully saturated rings. The Labute approximate surface area is 219 Å². The lowest BCUT2D eigenvalue weighted by molar-refractivity contribution is 0.327. The first-order chi connectivity index (χ1) is 18.0. The van der Waals surface area contributed by atoms with Crippen molar-refractivity contribution in [1.29, 1.82) is 0 Å². The van der Waals surface area contributed by atoms with Gasteiger partial charge in [0.15, 0.2) is 0 Å². The quantitative estimate of drug-likeness (QED) is 0.203. The number of hydrogen-bond donors (Lipinski definition) is 0. The second-order valence-electron chi connectivity index (χ2n) is 11.0. The number of nitrogens with zero attached hydrogens (tertiary/aromatic N) is 5. The van der Waals surface area contributed by atoms with Gasteiger partial charge in [-0.1, -0.05) is 25.8 Å². The molecule has 0 amide bonds. The Morgan fingerprint density at radius 2 is 1.42 bits per heavy atom. The van der Waals surface area contributed by atoms with Gasteiger partial charge in [-0.15, -0.1) is 0 Å². The first-order valence-electron chi connectivity index (χ1n) is 12.7. The van der Waals surface area contributed by atoms with E-state index in [1.165, 1.54) is 12.1 Å². The van der Waals surface area contributed by atoms with Gasteiger partial charge in [0, 0.05) is 12.7 Å². The number of rotatable bonds is 6. The van der Waals surface area contributed by atoms with Gasteiger partial charge in [0.1, 0.15) is 5.82 Å². The molecule has 198 valence electrons. The molecule has 1 saturated carbocycles. The molecule has 0 unspecified atom stereocenters. The molecule has 0 atom stereocenters. The maximum Gasteiger partial charge on any atom is 0.225 e. The summed E-state index contributed by atoms with van der Waals surface area (Å²) in [5, 5.41) is 0. The van der Waals surface area contributed by atoms with E-state index < -0.39 is 29.2 Å². The molecule has 0 saturated heterocycles. The molecule has 0 aliphatic heterocycles. The SMILES string of the molecule is Cn1c(C(C)(C)c2cccc(-c3ccc(F)nc3F)n2)nc(-c2ccc(F)nc2F)c1CC1(C)CCCC1. The predicted octanol–water partition coefficient (Wildman–Crippen LogP) is 6.94. The van der Waals surface area contributed by atoms with Crippen molar-refractivity contribution in [3.05, 3.63) is 83.5 Å². The van der Waals surface area contributed by atoms with Crippen LogP contribution in [-0.2, 0) is 18.9 Å². The lowest BCUT2D eigenvalue weighted by Crippen LogP contribution is -2.26. The summed E-state index contributed by atoms with van der Waals surface area (Å²) in [7, 11) is 1.89. The fraction of sp³-hybridized carbons (Fsp3) is 0.379. The molecule has 4 aromatic rings. The van der Waals surface area contributed by atoms with Crippen molar-refractivity contribution in [3.63, 3.8) is 0 Å². The molecule has 5 nitrogen and oxygen atoms in total. The largest absolute Gasteiger partial charge is 0.334 e. The lowest BCUT2D eigenvalue weighted by Gasteiger charge is -2.27. The maximum absolute atomic E-state index is 14.9. The Balaban J connectivity index is 1.64. The van der Waals surface area contributed by atoms with Crippen LogP contribution in [0.25, 0.3) is 22.5 Å². The average Bonchev–Trinajstić information content (AvgIpc) is 3.43. The summed E-state index contributed by atoms with van der Waals surface area (Å²) < 4.78 is 58.3. The van der Waals surface area contributed by atoms with Gasteiger partial charge in [-0.3, -0.25) is 4.98 Å². The van der Waals surface area contributed by atoms with E-state index in [0.717, 1.165) is 43.5 Å². The van der Waals surface area contributed by atoms with Crippen molar-refractivity contribution in [3.8, 4) is 22.5 Å². The standard InChI is InChI=1S/C29H29F4N5/c1-28(2,21-9-7-8-19(34-21)17-10-12-22(30)35-25(17)32)27-37-24(18-11-13-23(31)36-26(18)33)20(38(27)4)16-29(3)14-5-6-15-29/h7-13H,5-6,14-16H2,1-4H3. The van der Waals surface area contributed by atoms with Gasteiger partial charge < -0.3 is 4.57 Å². The molecule has 0 spiro atoms. The van der Waals surface area contributed by atoms with Crippen molar-refractivity contribution >= 4 is 0 Å². The van der Waals surface area contributed by atoms with E-state index in [9.17, 15) is 17.6 Å². The molecule has 5 rings (SSSR count). The first kappa shape index (κ1) is 26.0. The van der Waals surface area contributed by atoms with Crippen LogP contribution in [-0.4, -0.2) is 24.5 Å². The molecule has 0 aromatic carbocycles. The molecule has 4 aromatic heterocycles. The van der Waals surface area contributed by atoms with E-state index in [4.69, 9.17) is 4.98 Å². The second-order valence-corrected chi connectivity index (χ2v) is 11.0. The zero-order chi connectivity index (χ0) is 27.2. The Hall–Kier alpha value is -3.62. The van der Waals surface area contributed by atoms with Crippen LogP contribution in [0.1, 0.15) is 63.7 Å². The Kier molecular flexibility index (Phi) is 6.57. The van der Waals surface area contributed by atoms with Gasteiger partial charge >= 0.3 is 0 Å². The van der Waals surface area contributed by atoms with Gasteiger partial charge in [0.2, 0.25) is 23.8 Å². The van der Waals surface area contributed by atoms with E-state index in [0.29, 0.717) is 29.3 Å². The van der Waals surface area contributed by atoms with Gasteiger partial charge in [0.25, 0.3) is 0 Å². The van der Waals surface area contributed by atoms with Gasteiger partial charge in [-0.2, -0.15) is 27.5 Å². The summed E-state index contributed by atoms with van der Waals surface area (Å²) in [6.45, 7) is 6.10. The highest BCUT2D eigenvalue weighted by Gasteiger charge is 2.36. The normalized spacial score (nSPS) is 15.3. The average molecular weight is 524 g/mol. The first-order valence-corrected chi connectivity index (χ1v) is 12.7. The Bertz CT molecular complexity index is 1510. The van der Waals surface area contributed by atoms with E-state index in [1.54, 1.807) is 12.1 Å². The van der Waals surface area contributed by atoms with Crippen LogP contribution in [0, 0.1) is 29.2 Å². The summed E-state index contributed by atoms with van der Waals surface area (Å²) >= 11 is 0. The summed E-state index contributed by atoms with van der Waals surface area (Å²) in [6.07, 6.45) is 5.07. The zero-order valence-corrected chi connectivity index (χ0v) is 21.8. The highest BCUT2D eigenvalue weighted by molar-refractivity contribution is 5.63. The summed E-state index contributed by atoms with van der Waals surface area (Å²) in [5.74, 6) is -3.04. The third-order valence-electron chi connectivity index (χ3n) is 7.73. The second kappa shape index (κ2) is 9.60. The van der Waals surface area contributed by atoms with E-state index >= 15 is 0 Å². The highest BCUT2D eigenvalue weighted by Crippen LogP contribution is 2.43. The monoisotopic (exact) mass is 523 g/mol. The minimum Gasteiger partial charge on any atom is -0.334 e. The van der Waals surface area contributed by atoms with Gasteiger partial charge in [0.05, 0.1) is 33.6 Å². The summed E-state index contributed by atoms with van der Waals surface area (Å²) in [5.41, 5.74) is 1.65. The van der Waals surface area contributed by atoms with Crippen molar-refractivity contribution in [1.82, 2.24) is 24.5 Å². The smallest absolute Gasteiger partial charge is 0.225 e. The van der Waals surface area contributed by atoms with Crippen LogP contribution in [0.5, 0.6) is 0 Å². The van der Waals surface area contributed by atoms with E-state index in [2.05, 4.69) is 21.9 Å². The molecule has 9 heteroatoms. The number of halogens is 4. The van der Waals surface area contributed by atoms with Crippen molar-refractivity contribution in [2.45, 2.75) is 58.3 Å². The molecular formula is C29H29F4N5. The van der Waals surface area contributed by atoms with E-state index in [1.807, 2.05) is 31.5 Å². The molecule has 38 heavy (non-hydrogen) atoms. The van der Waals surface area contributed by atoms with Crippen LogP contribution < -0.4 is 0 Å². The topological polar surface area (TPSA) is 56.5 Å². The molecule has 0 bridgehead atoms. The number of imidazole rings is 1. The fourth-order valence-corrected chi connectivity index (χ4v) is 5.56.